The summed E-state index contributed by atoms with van der Waals surface area (Å²) in [5.74, 6) is 0.136. The summed E-state index contributed by atoms with van der Waals surface area (Å²) in [4.78, 5) is 0.296. The number of sulfone groups is 1. The van der Waals surface area contributed by atoms with E-state index >= 15 is 0 Å². The summed E-state index contributed by atoms with van der Waals surface area (Å²) < 4.78 is 29.4. The van der Waals surface area contributed by atoms with E-state index in [4.69, 9.17) is 4.42 Å². The Morgan fingerprint density at radius 1 is 1.29 bits per heavy atom. The largest absolute Gasteiger partial charge is 0.463 e. The van der Waals surface area contributed by atoms with Crippen LogP contribution in [0, 0.1) is 0 Å². The molecule has 1 heterocycles. The van der Waals surface area contributed by atoms with Gasteiger partial charge in [0.2, 0.25) is 0 Å². The first-order chi connectivity index (χ1) is 8.15. The van der Waals surface area contributed by atoms with Crippen LogP contribution in [0.5, 0.6) is 0 Å². The Bertz CT molecular complexity index is 601. The van der Waals surface area contributed by atoms with Crippen LogP contribution in [0.4, 0.5) is 0 Å². The van der Waals surface area contributed by atoms with Crippen molar-refractivity contribution >= 4 is 20.8 Å². The van der Waals surface area contributed by atoms with Gasteiger partial charge in [-0.2, -0.15) is 0 Å². The van der Waals surface area contributed by atoms with E-state index in [1.807, 2.05) is 12.1 Å². The van der Waals surface area contributed by atoms with Gasteiger partial charge in [0.1, 0.15) is 16.7 Å². The second kappa shape index (κ2) is 4.89. The molecule has 92 valence electrons. The van der Waals surface area contributed by atoms with Crippen molar-refractivity contribution in [3.8, 4) is 0 Å². The fourth-order valence-corrected chi connectivity index (χ4v) is 3.19. The van der Waals surface area contributed by atoms with Crippen LogP contribution in [0.25, 0.3) is 11.0 Å². The number of hydrogen-bond donors (Lipinski definition) is 1. The minimum atomic E-state index is -3.25. The number of rotatable bonds is 5. The first kappa shape index (κ1) is 12.1. The average molecular weight is 253 g/mol. The van der Waals surface area contributed by atoms with Crippen molar-refractivity contribution in [3.63, 3.8) is 0 Å². The van der Waals surface area contributed by atoms with E-state index in [9.17, 15) is 8.42 Å². The molecule has 0 amide bonds. The van der Waals surface area contributed by atoms with E-state index in [1.165, 1.54) is 6.26 Å². The first-order valence-corrected chi connectivity index (χ1v) is 7.14. The molecule has 2 rings (SSSR count). The summed E-state index contributed by atoms with van der Waals surface area (Å²) in [6.07, 6.45) is 1.93. The van der Waals surface area contributed by atoms with Gasteiger partial charge in [0.05, 0.1) is 5.75 Å². The van der Waals surface area contributed by atoms with Crippen LogP contribution in [0.2, 0.25) is 0 Å². The van der Waals surface area contributed by atoms with Gasteiger partial charge in [-0.25, -0.2) is 8.42 Å². The fraction of sp³-hybridized carbons (Fsp3) is 0.333. The van der Waals surface area contributed by atoms with Crippen LogP contribution < -0.4 is 5.32 Å². The van der Waals surface area contributed by atoms with Gasteiger partial charge in [-0.1, -0.05) is 12.1 Å². The lowest BCUT2D eigenvalue weighted by molar-refractivity contribution is 0.581. The molecule has 0 saturated heterocycles. The van der Waals surface area contributed by atoms with Crippen molar-refractivity contribution in [2.75, 3.05) is 19.3 Å². The standard InChI is InChI=1S/C12H15NO3S/c1-13-7-4-8-17(14,15)12-9-16-11-6-3-2-5-10(11)12/h2-3,5-6,9,13H,4,7-8H2,1H3. The van der Waals surface area contributed by atoms with Gasteiger partial charge in [0, 0.05) is 5.39 Å². The van der Waals surface area contributed by atoms with Gasteiger partial charge in [0.25, 0.3) is 0 Å². The highest BCUT2D eigenvalue weighted by molar-refractivity contribution is 7.91. The van der Waals surface area contributed by atoms with E-state index in [-0.39, 0.29) is 5.75 Å². The molecule has 17 heavy (non-hydrogen) atoms. The third-order valence-electron chi connectivity index (χ3n) is 2.62. The fourth-order valence-electron chi connectivity index (χ4n) is 1.74. The second-order valence-electron chi connectivity index (χ2n) is 3.87. The Hall–Kier alpha value is -1.33. The van der Waals surface area contributed by atoms with Crippen molar-refractivity contribution < 1.29 is 12.8 Å². The quantitative estimate of drug-likeness (QED) is 0.826. The number of hydrogen-bond acceptors (Lipinski definition) is 4. The highest BCUT2D eigenvalue weighted by Gasteiger charge is 2.19. The van der Waals surface area contributed by atoms with Gasteiger partial charge in [0.15, 0.2) is 9.84 Å². The summed E-state index contributed by atoms with van der Waals surface area (Å²) in [6.45, 7) is 0.689. The normalized spacial score (nSPS) is 12.1. The van der Waals surface area contributed by atoms with Gasteiger partial charge in [-0.15, -0.1) is 0 Å². The molecule has 0 atom stereocenters. The predicted molar refractivity (Wildman–Crippen MR) is 66.8 cm³/mol. The van der Waals surface area contributed by atoms with Crippen LogP contribution >= 0.6 is 0 Å². The first-order valence-electron chi connectivity index (χ1n) is 5.49. The topological polar surface area (TPSA) is 59.3 Å². The van der Waals surface area contributed by atoms with Crippen LogP contribution in [-0.4, -0.2) is 27.8 Å². The Morgan fingerprint density at radius 2 is 2.06 bits per heavy atom. The smallest absolute Gasteiger partial charge is 0.182 e. The molecule has 1 N–H and O–H groups in total. The number of benzene rings is 1. The minimum absolute atomic E-state index is 0.136. The zero-order valence-electron chi connectivity index (χ0n) is 9.64. The van der Waals surface area contributed by atoms with Crippen molar-refractivity contribution in [1.29, 1.82) is 0 Å². The lowest BCUT2D eigenvalue weighted by atomic mass is 10.3. The molecule has 0 aliphatic carbocycles. The molecule has 0 bridgehead atoms. The molecule has 4 nitrogen and oxygen atoms in total. The molecule has 0 aliphatic heterocycles. The highest BCUT2D eigenvalue weighted by Crippen LogP contribution is 2.25. The highest BCUT2D eigenvalue weighted by atomic mass is 32.2. The van der Waals surface area contributed by atoms with Gasteiger partial charge in [-0.05, 0) is 32.1 Å². The molecule has 0 aliphatic rings. The van der Waals surface area contributed by atoms with Crippen molar-refractivity contribution in [2.45, 2.75) is 11.3 Å². The van der Waals surface area contributed by atoms with Crippen molar-refractivity contribution in [1.82, 2.24) is 5.32 Å². The Labute approximate surface area is 101 Å². The maximum Gasteiger partial charge on any atom is 0.182 e. The summed E-state index contributed by atoms with van der Waals surface area (Å²) in [5, 5.41) is 3.60. The molecule has 2 aromatic rings. The van der Waals surface area contributed by atoms with Crippen LogP contribution in [0.15, 0.2) is 39.8 Å². The van der Waals surface area contributed by atoms with Crippen molar-refractivity contribution in [3.05, 3.63) is 30.5 Å². The number of para-hydroxylation sites is 1. The molecule has 1 aromatic heterocycles. The monoisotopic (exact) mass is 253 g/mol. The second-order valence-corrected chi connectivity index (χ2v) is 5.95. The summed E-state index contributed by atoms with van der Waals surface area (Å²) in [5.41, 5.74) is 0.611. The SMILES string of the molecule is CNCCCS(=O)(=O)c1coc2ccccc12. The molecule has 0 fully saturated rings. The maximum absolute atomic E-state index is 12.1. The maximum atomic E-state index is 12.1. The zero-order valence-corrected chi connectivity index (χ0v) is 10.5. The molecule has 0 spiro atoms. The van der Waals surface area contributed by atoms with E-state index in [0.29, 0.717) is 28.8 Å². The van der Waals surface area contributed by atoms with E-state index in [2.05, 4.69) is 5.32 Å². The third kappa shape index (κ3) is 2.50. The average Bonchev–Trinajstić information content (AvgIpc) is 2.73. The third-order valence-corrected chi connectivity index (χ3v) is 4.43. The van der Waals surface area contributed by atoms with E-state index in [0.717, 1.165) is 0 Å². The number of furan rings is 1. The molecule has 5 heteroatoms. The van der Waals surface area contributed by atoms with E-state index in [1.54, 1.807) is 19.2 Å². The van der Waals surface area contributed by atoms with Gasteiger partial charge >= 0.3 is 0 Å². The molecular weight excluding hydrogens is 238 g/mol. The van der Waals surface area contributed by atoms with Gasteiger partial charge < -0.3 is 9.73 Å². The molecule has 0 saturated carbocycles. The Balaban J connectivity index is 2.33. The van der Waals surface area contributed by atoms with Crippen LogP contribution in [0.1, 0.15) is 6.42 Å². The number of nitrogens with one attached hydrogen (secondary N) is 1. The van der Waals surface area contributed by atoms with E-state index < -0.39 is 9.84 Å². The molecule has 0 radical (unpaired) electrons. The van der Waals surface area contributed by atoms with Crippen molar-refractivity contribution in [2.24, 2.45) is 0 Å². The molecule has 0 unspecified atom stereocenters. The predicted octanol–water partition coefficient (Wildman–Crippen LogP) is 1.82. The minimum Gasteiger partial charge on any atom is -0.463 e. The summed E-state index contributed by atoms with van der Waals surface area (Å²) in [7, 11) is -1.44. The summed E-state index contributed by atoms with van der Waals surface area (Å²) >= 11 is 0. The van der Waals surface area contributed by atoms with Gasteiger partial charge in [-0.3, -0.25) is 0 Å². The lowest BCUT2D eigenvalue weighted by Gasteiger charge is -2.01. The molecule has 1 aromatic carbocycles. The summed E-state index contributed by atoms with van der Waals surface area (Å²) in [6, 6.07) is 7.17. The Kier molecular flexibility index (Phi) is 3.49. The molecular formula is C12H15NO3S. The Morgan fingerprint density at radius 3 is 2.82 bits per heavy atom. The number of fused-ring (bicyclic) bond motifs is 1. The lowest BCUT2D eigenvalue weighted by Crippen LogP contribution is -2.14. The zero-order chi connectivity index (χ0) is 12.3. The van der Waals surface area contributed by atoms with Crippen LogP contribution in [-0.2, 0) is 9.84 Å². The van der Waals surface area contributed by atoms with Crippen LogP contribution in [0.3, 0.4) is 0 Å².